The molecule has 0 N–H and O–H groups in total. The van der Waals surface area contributed by atoms with Gasteiger partial charge in [-0.15, -0.1) is 0 Å². The number of likely N-dealkylation sites (tertiary alicyclic amines) is 1. The van der Waals surface area contributed by atoms with Crippen LogP contribution in [0.2, 0.25) is 0 Å². The van der Waals surface area contributed by atoms with Gasteiger partial charge in [0, 0.05) is 45.5 Å². The van der Waals surface area contributed by atoms with Crippen LogP contribution in [0.4, 0.5) is 16.0 Å². The number of halogens is 1. The number of carbonyl (C=O) groups excluding carboxylic acids is 1. The van der Waals surface area contributed by atoms with Gasteiger partial charge in [-0.1, -0.05) is 12.1 Å². The van der Waals surface area contributed by atoms with Crippen molar-refractivity contribution in [2.24, 2.45) is 0 Å². The Bertz CT molecular complexity index is 785. The molecular formula is C19H22FN5O. The minimum atomic E-state index is -0.199. The van der Waals surface area contributed by atoms with E-state index in [2.05, 4.69) is 14.9 Å². The van der Waals surface area contributed by atoms with E-state index in [0.717, 1.165) is 25.9 Å². The van der Waals surface area contributed by atoms with Crippen molar-refractivity contribution in [2.45, 2.75) is 12.8 Å². The Hall–Kier alpha value is -2.70. The summed E-state index contributed by atoms with van der Waals surface area (Å²) in [6.07, 6.45) is 3.76. The molecule has 2 aromatic rings. The van der Waals surface area contributed by atoms with E-state index in [1.54, 1.807) is 24.4 Å². The molecule has 0 bridgehead atoms. The number of piperazine rings is 1. The van der Waals surface area contributed by atoms with Gasteiger partial charge in [0.25, 0.3) is 5.91 Å². The molecule has 7 heteroatoms. The summed E-state index contributed by atoms with van der Waals surface area (Å²) in [6, 6.07) is 8.52. The van der Waals surface area contributed by atoms with Crippen molar-refractivity contribution in [3.05, 3.63) is 48.0 Å². The molecule has 0 saturated carbocycles. The summed E-state index contributed by atoms with van der Waals surface area (Å²) in [5.41, 5.74) is 1.08. The molecule has 2 aliphatic heterocycles. The average Bonchev–Trinajstić information content (AvgIpc) is 3.23. The van der Waals surface area contributed by atoms with Gasteiger partial charge in [-0.05, 0) is 31.0 Å². The number of nitrogens with zero attached hydrogens (tertiary/aromatic N) is 5. The maximum absolute atomic E-state index is 14.0. The van der Waals surface area contributed by atoms with Gasteiger partial charge in [0.15, 0.2) is 0 Å². The molecule has 1 aromatic carbocycles. The van der Waals surface area contributed by atoms with E-state index in [1.807, 2.05) is 15.9 Å². The zero-order valence-electron chi connectivity index (χ0n) is 14.6. The van der Waals surface area contributed by atoms with E-state index in [-0.39, 0.29) is 11.7 Å². The molecule has 0 atom stereocenters. The van der Waals surface area contributed by atoms with Gasteiger partial charge < -0.3 is 14.7 Å². The van der Waals surface area contributed by atoms with Crippen LogP contribution < -0.4 is 9.80 Å². The Morgan fingerprint density at radius 3 is 2.35 bits per heavy atom. The van der Waals surface area contributed by atoms with Gasteiger partial charge in [0.2, 0.25) is 5.95 Å². The van der Waals surface area contributed by atoms with Gasteiger partial charge in [-0.25, -0.2) is 14.4 Å². The minimum absolute atomic E-state index is 0.0175. The number of hydrogen-bond donors (Lipinski definition) is 0. The number of carbonyl (C=O) groups is 1. The van der Waals surface area contributed by atoms with E-state index in [0.29, 0.717) is 43.5 Å². The average molecular weight is 355 g/mol. The minimum Gasteiger partial charge on any atom is -0.366 e. The lowest BCUT2D eigenvalue weighted by atomic mass is 10.2. The van der Waals surface area contributed by atoms with Crippen molar-refractivity contribution in [3.8, 4) is 0 Å². The maximum Gasteiger partial charge on any atom is 0.272 e. The molecule has 0 aliphatic carbocycles. The van der Waals surface area contributed by atoms with Crippen LogP contribution in [0.3, 0.4) is 0 Å². The van der Waals surface area contributed by atoms with Crippen molar-refractivity contribution in [3.63, 3.8) is 0 Å². The van der Waals surface area contributed by atoms with Crippen molar-refractivity contribution < 1.29 is 9.18 Å². The Morgan fingerprint density at radius 1 is 0.923 bits per heavy atom. The molecule has 2 aliphatic rings. The highest BCUT2D eigenvalue weighted by atomic mass is 19.1. The van der Waals surface area contributed by atoms with E-state index in [1.165, 1.54) is 6.07 Å². The molecule has 3 heterocycles. The zero-order valence-corrected chi connectivity index (χ0v) is 14.6. The third kappa shape index (κ3) is 3.34. The van der Waals surface area contributed by atoms with Crippen molar-refractivity contribution >= 4 is 17.5 Å². The van der Waals surface area contributed by atoms with Crippen molar-refractivity contribution in [1.82, 2.24) is 14.9 Å². The largest absolute Gasteiger partial charge is 0.366 e. The molecule has 2 fully saturated rings. The predicted molar refractivity (Wildman–Crippen MR) is 98.0 cm³/mol. The van der Waals surface area contributed by atoms with Gasteiger partial charge in [0.05, 0.1) is 5.69 Å². The highest BCUT2D eigenvalue weighted by Gasteiger charge is 2.24. The lowest BCUT2D eigenvalue weighted by molar-refractivity contribution is 0.0787. The third-order valence-corrected chi connectivity index (χ3v) is 5.01. The van der Waals surface area contributed by atoms with Gasteiger partial charge in [0.1, 0.15) is 11.5 Å². The smallest absolute Gasteiger partial charge is 0.272 e. The predicted octanol–water partition coefficient (Wildman–Crippen LogP) is 2.18. The quantitative estimate of drug-likeness (QED) is 0.845. The van der Waals surface area contributed by atoms with E-state index in [4.69, 9.17) is 0 Å². The fourth-order valence-corrected chi connectivity index (χ4v) is 3.56. The molecule has 2 saturated heterocycles. The molecule has 0 spiro atoms. The monoisotopic (exact) mass is 355 g/mol. The lowest BCUT2D eigenvalue weighted by Crippen LogP contribution is -2.47. The molecule has 1 aromatic heterocycles. The summed E-state index contributed by atoms with van der Waals surface area (Å²) < 4.78 is 14.0. The maximum atomic E-state index is 14.0. The van der Waals surface area contributed by atoms with Crippen LogP contribution in [0.5, 0.6) is 0 Å². The first-order valence-electron chi connectivity index (χ1n) is 9.09. The van der Waals surface area contributed by atoms with E-state index in [9.17, 15) is 9.18 Å². The van der Waals surface area contributed by atoms with Gasteiger partial charge in [-0.3, -0.25) is 4.79 Å². The number of amides is 1. The number of rotatable bonds is 3. The van der Waals surface area contributed by atoms with Crippen LogP contribution in [0.15, 0.2) is 36.5 Å². The van der Waals surface area contributed by atoms with Gasteiger partial charge in [-0.2, -0.15) is 0 Å². The van der Waals surface area contributed by atoms with Crippen LogP contribution in [0, 0.1) is 5.82 Å². The lowest BCUT2D eigenvalue weighted by Gasteiger charge is -2.36. The first-order chi connectivity index (χ1) is 12.7. The van der Waals surface area contributed by atoms with Crippen molar-refractivity contribution in [2.75, 3.05) is 49.1 Å². The third-order valence-electron chi connectivity index (χ3n) is 5.01. The number of hydrogen-bond acceptors (Lipinski definition) is 5. The second kappa shape index (κ2) is 7.27. The zero-order chi connectivity index (χ0) is 17.9. The second-order valence-corrected chi connectivity index (χ2v) is 6.67. The number of benzene rings is 1. The fraction of sp³-hybridized carbons (Fsp3) is 0.421. The van der Waals surface area contributed by atoms with Crippen molar-refractivity contribution in [1.29, 1.82) is 0 Å². The summed E-state index contributed by atoms with van der Waals surface area (Å²) in [4.78, 5) is 27.3. The highest BCUT2D eigenvalue weighted by molar-refractivity contribution is 5.92. The van der Waals surface area contributed by atoms with Crippen LogP contribution in [0.25, 0.3) is 0 Å². The van der Waals surface area contributed by atoms with E-state index < -0.39 is 0 Å². The highest BCUT2D eigenvalue weighted by Crippen LogP contribution is 2.21. The summed E-state index contributed by atoms with van der Waals surface area (Å²) >= 11 is 0. The first kappa shape index (κ1) is 16.8. The first-order valence-corrected chi connectivity index (χ1v) is 9.09. The Morgan fingerprint density at radius 2 is 1.62 bits per heavy atom. The normalized spacial score (nSPS) is 17.7. The summed E-state index contributed by atoms with van der Waals surface area (Å²) in [5.74, 6) is 0.356. The molecule has 4 rings (SSSR count). The molecule has 0 radical (unpaired) electrons. The van der Waals surface area contributed by atoms with Crippen LogP contribution >= 0.6 is 0 Å². The molecule has 0 unspecified atom stereocenters. The Balaban J connectivity index is 1.44. The standard InChI is InChI=1S/C19H22FN5O/c20-15-5-1-2-6-17(15)23-11-13-25(14-12-23)19-21-8-7-16(22-19)18(26)24-9-3-4-10-24/h1-2,5-8H,3-4,9-14H2. The molecular weight excluding hydrogens is 333 g/mol. The number of aromatic nitrogens is 2. The summed E-state index contributed by atoms with van der Waals surface area (Å²) in [5, 5.41) is 0. The summed E-state index contributed by atoms with van der Waals surface area (Å²) in [6.45, 7) is 4.37. The topological polar surface area (TPSA) is 52.6 Å². The van der Waals surface area contributed by atoms with E-state index >= 15 is 0 Å². The molecule has 6 nitrogen and oxygen atoms in total. The molecule has 1 amide bonds. The number of para-hydroxylation sites is 1. The summed E-state index contributed by atoms with van der Waals surface area (Å²) in [7, 11) is 0. The molecule has 26 heavy (non-hydrogen) atoms. The van der Waals surface area contributed by atoms with Crippen LogP contribution in [0.1, 0.15) is 23.3 Å². The second-order valence-electron chi connectivity index (χ2n) is 6.67. The molecule has 136 valence electrons. The Kier molecular flexibility index (Phi) is 4.69. The fourth-order valence-electron chi connectivity index (χ4n) is 3.56. The Labute approximate surface area is 152 Å². The van der Waals surface area contributed by atoms with Crippen LogP contribution in [-0.4, -0.2) is 60.0 Å². The van der Waals surface area contributed by atoms with Gasteiger partial charge >= 0.3 is 0 Å². The number of anilines is 2. The SMILES string of the molecule is O=C(c1ccnc(N2CCN(c3ccccc3F)CC2)n1)N1CCCC1. The van der Waals surface area contributed by atoms with Crippen LogP contribution in [-0.2, 0) is 0 Å².